The molecule has 0 saturated carbocycles. The van der Waals surface area contributed by atoms with E-state index < -0.39 is 18.0 Å². The third kappa shape index (κ3) is 5.80. The Hall–Kier alpha value is -2.53. The van der Waals surface area contributed by atoms with E-state index in [0.29, 0.717) is 16.5 Å². The van der Waals surface area contributed by atoms with Gasteiger partial charge in [-0.05, 0) is 56.2 Å². The SMILES string of the molecule is Cc1cc(C)cc(OCC(=O)O[C@H](C)C(=O)Nc2ccccc2Cl)c1. The van der Waals surface area contributed by atoms with Crippen molar-refractivity contribution in [2.75, 3.05) is 11.9 Å². The van der Waals surface area contributed by atoms with E-state index in [-0.39, 0.29) is 6.61 Å². The molecule has 1 amide bonds. The summed E-state index contributed by atoms with van der Waals surface area (Å²) < 4.78 is 10.5. The summed E-state index contributed by atoms with van der Waals surface area (Å²) in [7, 11) is 0. The van der Waals surface area contributed by atoms with Gasteiger partial charge in [0.05, 0.1) is 10.7 Å². The molecular formula is C19H20ClNO4. The van der Waals surface area contributed by atoms with Crippen molar-refractivity contribution in [2.24, 2.45) is 0 Å². The van der Waals surface area contributed by atoms with Crippen molar-refractivity contribution in [1.82, 2.24) is 0 Å². The molecule has 1 atom stereocenters. The molecule has 2 aromatic rings. The lowest BCUT2D eigenvalue weighted by Crippen LogP contribution is -2.31. The Morgan fingerprint density at radius 3 is 2.40 bits per heavy atom. The monoisotopic (exact) mass is 361 g/mol. The molecule has 0 saturated heterocycles. The van der Waals surface area contributed by atoms with Crippen LogP contribution in [-0.4, -0.2) is 24.6 Å². The predicted octanol–water partition coefficient (Wildman–Crippen LogP) is 3.91. The van der Waals surface area contributed by atoms with Gasteiger partial charge >= 0.3 is 5.97 Å². The molecule has 0 radical (unpaired) electrons. The molecular weight excluding hydrogens is 342 g/mol. The summed E-state index contributed by atoms with van der Waals surface area (Å²) in [5.74, 6) is -0.503. The minimum Gasteiger partial charge on any atom is -0.482 e. The summed E-state index contributed by atoms with van der Waals surface area (Å²) in [6.45, 7) is 5.10. The highest BCUT2D eigenvalue weighted by Gasteiger charge is 2.19. The van der Waals surface area contributed by atoms with E-state index in [2.05, 4.69) is 5.32 Å². The van der Waals surface area contributed by atoms with E-state index >= 15 is 0 Å². The predicted molar refractivity (Wildman–Crippen MR) is 97.0 cm³/mol. The molecule has 0 unspecified atom stereocenters. The Bertz CT molecular complexity index is 756. The number of para-hydroxylation sites is 1. The van der Waals surface area contributed by atoms with Gasteiger partial charge in [-0.25, -0.2) is 4.79 Å². The molecule has 1 N–H and O–H groups in total. The van der Waals surface area contributed by atoms with Gasteiger partial charge < -0.3 is 14.8 Å². The topological polar surface area (TPSA) is 64.6 Å². The number of anilines is 1. The van der Waals surface area contributed by atoms with Crippen molar-refractivity contribution >= 4 is 29.2 Å². The highest BCUT2D eigenvalue weighted by molar-refractivity contribution is 6.33. The fourth-order valence-corrected chi connectivity index (χ4v) is 2.42. The zero-order valence-electron chi connectivity index (χ0n) is 14.3. The first kappa shape index (κ1) is 18.8. The van der Waals surface area contributed by atoms with Crippen LogP contribution in [0.4, 0.5) is 5.69 Å². The highest BCUT2D eigenvalue weighted by atomic mass is 35.5. The first-order valence-electron chi connectivity index (χ1n) is 7.81. The molecule has 25 heavy (non-hydrogen) atoms. The van der Waals surface area contributed by atoms with E-state index in [1.165, 1.54) is 6.92 Å². The van der Waals surface area contributed by atoms with Gasteiger partial charge in [-0.1, -0.05) is 29.8 Å². The molecule has 6 heteroatoms. The summed E-state index contributed by atoms with van der Waals surface area (Å²) in [5.41, 5.74) is 2.54. The third-order valence-electron chi connectivity index (χ3n) is 3.36. The maximum atomic E-state index is 12.1. The number of carbonyl (C=O) groups excluding carboxylic acids is 2. The van der Waals surface area contributed by atoms with Crippen LogP contribution in [0.2, 0.25) is 5.02 Å². The van der Waals surface area contributed by atoms with Crippen molar-refractivity contribution in [3.63, 3.8) is 0 Å². The van der Waals surface area contributed by atoms with Crippen LogP contribution in [-0.2, 0) is 14.3 Å². The second-order valence-electron chi connectivity index (χ2n) is 5.71. The van der Waals surface area contributed by atoms with Gasteiger partial charge in [-0.15, -0.1) is 0 Å². The summed E-state index contributed by atoms with van der Waals surface area (Å²) in [6.07, 6.45) is -0.966. The Kier molecular flexibility index (Phi) is 6.42. The molecule has 132 valence electrons. The number of hydrogen-bond donors (Lipinski definition) is 1. The molecule has 0 aliphatic carbocycles. The van der Waals surface area contributed by atoms with E-state index in [1.807, 2.05) is 32.0 Å². The second kappa shape index (κ2) is 8.53. The van der Waals surface area contributed by atoms with Crippen LogP contribution < -0.4 is 10.1 Å². The largest absolute Gasteiger partial charge is 0.482 e. The first-order valence-corrected chi connectivity index (χ1v) is 8.19. The van der Waals surface area contributed by atoms with Crippen LogP contribution in [0.3, 0.4) is 0 Å². The summed E-state index contributed by atoms with van der Waals surface area (Å²) >= 11 is 5.98. The zero-order valence-corrected chi connectivity index (χ0v) is 15.1. The van der Waals surface area contributed by atoms with Crippen molar-refractivity contribution in [3.8, 4) is 5.75 Å². The average molecular weight is 362 g/mol. The van der Waals surface area contributed by atoms with Crippen molar-refractivity contribution in [1.29, 1.82) is 0 Å². The lowest BCUT2D eigenvalue weighted by atomic mass is 10.1. The van der Waals surface area contributed by atoms with Crippen molar-refractivity contribution in [3.05, 3.63) is 58.6 Å². The minimum absolute atomic E-state index is 0.271. The number of ether oxygens (including phenoxy) is 2. The Morgan fingerprint density at radius 2 is 1.76 bits per heavy atom. The third-order valence-corrected chi connectivity index (χ3v) is 3.69. The summed E-state index contributed by atoms with van der Waals surface area (Å²) in [5, 5.41) is 3.02. The number of rotatable bonds is 6. The number of hydrogen-bond acceptors (Lipinski definition) is 4. The molecule has 5 nitrogen and oxygen atoms in total. The number of aryl methyl sites for hydroxylation is 2. The molecule has 0 spiro atoms. The normalized spacial score (nSPS) is 11.5. The quantitative estimate of drug-likeness (QED) is 0.792. The Morgan fingerprint density at radius 1 is 1.12 bits per heavy atom. The van der Waals surface area contributed by atoms with Crippen LogP contribution in [0, 0.1) is 13.8 Å². The van der Waals surface area contributed by atoms with E-state index in [1.54, 1.807) is 24.3 Å². The van der Waals surface area contributed by atoms with Crippen LogP contribution in [0.1, 0.15) is 18.1 Å². The van der Waals surface area contributed by atoms with E-state index in [9.17, 15) is 9.59 Å². The molecule has 0 aliphatic rings. The fraction of sp³-hybridized carbons (Fsp3) is 0.263. The first-order chi connectivity index (χ1) is 11.8. The number of carbonyl (C=O) groups is 2. The van der Waals surface area contributed by atoms with Gasteiger partial charge in [0, 0.05) is 0 Å². The number of nitrogens with one attached hydrogen (secondary N) is 1. The fourth-order valence-electron chi connectivity index (χ4n) is 2.24. The van der Waals surface area contributed by atoms with Crippen LogP contribution in [0.25, 0.3) is 0 Å². The second-order valence-corrected chi connectivity index (χ2v) is 6.12. The van der Waals surface area contributed by atoms with Crippen LogP contribution >= 0.6 is 11.6 Å². The zero-order chi connectivity index (χ0) is 18.4. The molecule has 0 fully saturated rings. The summed E-state index contributed by atoms with van der Waals surface area (Å²) in [4.78, 5) is 23.9. The number of benzene rings is 2. The van der Waals surface area contributed by atoms with Gasteiger partial charge in [-0.2, -0.15) is 0 Å². The molecule has 0 aromatic heterocycles. The van der Waals surface area contributed by atoms with E-state index in [4.69, 9.17) is 21.1 Å². The Labute approximate surface area is 151 Å². The average Bonchev–Trinajstić information content (AvgIpc) is 2.54. The number of amides is 1. The maximum absolute atomic E-state index is 12.1. The van der Waals surface area contributed by atoms with Crippen molar-refractivity contribution < 1.29 is 19.1 Å². The number of halogens is 1. The lowest BCUT2D eigenvalue weighted by Gasteiger charge is -2.14. The highest BCUT2D eigenvalue weighted by Crippen LogP contribution is 2.20. The minimum atomic E-state index is -0.966. The smallest absolute Gasteiger partial charge is 0.344 e. The van der Waals surface area contributed by atoms with Gasteiger partial charge in [0.1, 0.15) is 5.75 Å². The molecule has 0 heterocycles. The van der Waals surface area contributed by atoms with Gasteiger partial charge in [0.15, 0.2) is 12.7 Å². The van der Waals surface area contributed by atoms with E-state index in [0.717, 1.165) is 11.1 Å². The standard InChI is InChI=1S/C19H20ClNO4/c1-12-8-13(2)10-15(9-12)24-11-18(22)25-14(3)19(23)21-17-7-5-4-6-16(17)20/h4-10,14H,11H2,1-3H3,(H,21,23)/t14-/m1/s1. The molecule has 0 aliphatic heterocycles. The molecule has 0 bridgehead atoms. The molecule has 2 rings (SSSR count). The van der Waals surface area contributed by atoms with Crippen molar-refractivity contribution in [2.45, 2.75) is 26.9 Å². The van der Waals surface area contributed by atoms with Crippen LogP contribution in [0.5, 0.6) is 5.75 Å². The Balaban J connectivity index is 1.85. The van der Waals surface area contributed by atoms with Gasteiger partial charge in [-0.3, -0.25) is 4.79 Å². The summed E-state index contributed by atoms with van der Waals surface area (Å²) in [6, 6.07) is 12.5. The molecule has 2 aromatic carbocycles. The van der Waals surface area contributed by atoms with Gasteiger partial charge in [0.2, 0.25) is 0 Å². The van der Waals surface area contributed by atoms with Gasteiger partial charge in [0.25, 0.3) is 5.91 Å². The van der Waals surface area contributed by atoms with Crippen LogP contribution in [0.15, 0.2) is 42.5 Å². The lowest BCUT2D eigenvalue weighted by molar-refractivity contribution is -0.155. The number of esters is 1. The maximum Gasteiger partial charge on any atom is 0.344 e.